The van der Waals surface area contributed by atoms with Crippen LogP contribution in [0, 0.1) is 0 Å². The van der Waals surface area contributed by atoms with Crippen molar-refractivity contribution in [1.82, 2.24) is 0 Å². The van der Waals surface area contributed by atoms with Crippen molar-refractivity contribution in [2.75, 3.05) is 12.4 Å². The van der Waals surface area contributed by atoms with Crippen LogP contribution in [-0.4, -0.2) is 18.4 Å². The summed E-state index contributed by atoms with van der Waals surface area (Å²) in [4.78, 5) is 11.1. The van der Waals surface area contributed by atoms with Crippen molar-refractivity contribution in [3.8, 4) is 0 Å². The molecule has 1 heterocycles. The van der Waals surface area contributed by atoms with Gasteiger partial charge in [0.05, 0.1) is 7.11 Å². The van der Waals surface area contributed by atoms with Gasteiger partial charge in [-0.25, -0.2) is 4.79 Å². The Balaban J connectivity index is 2.93. The van der Waals surface area contributed by atoms with E-state index >= 15 is 0 Å². The number of rotatable bonds is 3. The van der Waals surface area contributed by atoms with Gasteiger partial charge >= 0.3 is 5.97 Å². The molecule has 1 aromatic heterocycles. The molecule has 14 heavy (non-hydrogen) atoms. The first kappa shape index (κ1) is 11.3. The van der Waals surface area contributed by atoms with Crippen LogP contribution in [0.5, 0.6) is 0 Å². The fraction of sp³-hybridized carbons (Fsp3) is 0.500. The van der Waals surface area contributed by atoms with E-state index in [-0.39, 0.29) is 11.2 Å². The molecular weight excluding hydrogens is 248 g/mol. The first-order chi connectivity index (χ1) is 6.51. The van der Waals surface area contributed by atoms with Crippen LogP contribution in [0.2, 0.25) is 0 Å². The maximum atomic E-state index is 11.1. The van der Waals surface area contributed by atoms with Gasteiger partial charge in [-0.15, -0.1) is 0 Å². The predicted molar refractivity (Wildman–Crippen MR) is 56.9 cm³/mol. The third-order valence-electron chi connectivity index (χ3n) is 1.99. The Kier molecular flexibility index (Phi) is 3.37. The van der Waals surface area contributed by atoms with Gasteiger partial charge in [0.2, 0.25) is 5.76 Å². The second kappa shape index (κ2) is 4.17. The molecule has 0 aliphatic carbocycles. The van der Waals surface area contributed by atoms with Crippen LogP contribution < -0.4 is 0 Å². The molecular formula is C10H13BrO3. The van der Waals surface area contributed by atoms with E-state index in [1.807, 2.05) is 13.8 Å². The molecule has 78 valence electrons. The summed E-state index contributed by atoms with van der Waals surface area (Å²) in [5.41, 5.74) is -0.119. The standard InChI is InChI=1S/C10H13BrO3/c1-10(2,6-11)8-5-4-7(14-8)9(12)13-3/h4-5H,6H2,1-3H3. The van der Waals surface area contributed by atoms with E-state index in [0.29, 0.717) is 0 Å². The molecule has 0 saturated carbocycles. The quantitative estimate of drug-likeness (QED) is 0.620. The van der Waals surface area contributed by atoms with Crippen molar-refractivity contribution in [2.24, 2.45) is 0 Å². The maximum absolute atomic E-state index is 11.1. The minimum absolute atomic E-state index is 0.119. The molecule has 0 N–H and O–H groups in total. The van der Waals surface area contributed by atoms with Gasteiger partial charge in [-0.2, -0.15) is 0 Å². The number of methoxy groups -OCH3 is 1. The minimum Gasteiger partial charge on any atom is -0.463 e. The summed E-state index contributed by atoms with van der Waals surface area (Å²) in [5, 5.41) is 0.772. The second-order valence-electron chi connectivity index (χ2n) is 3.67. The van der Waals surface area contributed by atoms with E-state index in [0.717, 1.165) is 11.1 Å². The highest BCUT2D eigenvalue weighted by molar-refractivity contribution is 9.09. The number of carbonyl (C=O) groups is 1. The van der Waals surface area contributed by atoms with Crippen LogP contribution in [0.4, 0.5) is 0 Å². The van der Waals surface area contributed by atoms with E-state index in [4.69, 9.17) is 4.42 Å². The van der Waals surface area contributed by atoms with Crippen LogP contribution in [0.1, 0.15) is 30.2 Å². The lowest BCUT2D eigenvalue weighted by Gasteiger charge is -2.17. The molecule has 0 bridgehead atoms. The first-order valence-electron chi connectivity index (χ1n) is 4.26. The summed E-state index contributed by atoms with van der Waals surface area (Å²) >= 11 is 3.39. The van der Waals surface area contributed by atoms with Crippen molar-refractivity contribution < 1.29 is 13.9 Å². The summed E-state index contributed by atoms with van der Waals surface area (Å²) in [7, 11) is 1.33. The van der Waals surface area contributed by atoms with Gasteiger partial charge in [0.25, 0.3) is 0 Å². The topological polar surface area (TPSA) is 39.4 Å². The van der Waals surface area contributed by atoms with Crippen molar-refractivity contribution in [3.63, 3.8) is 0 Å². The lowest BCUT2D eigenvalue weighted by molar-refractivity contribution is 0.0561. The van der Waals surface area contributed by atoms with Crippen LogP contribution in [0.15, 0.2) is 16.5 Å². The van der Waals surface area contributed by atoms with Gasteiger partial charge < -0.3 is 9.15 Å². The minimum atomic E-state index is -0.443. The zero-order valence-corrected chi connectivity index (χ0v) is 10.1. The zero-order valence-electron chi connectivity index (χ0n) is 8.46. The first-order valence-corrected chi connectivity index (χ1v) is 5.38. The molecule has 0 aliphatic heterocycles. The Morgan fingerprint density at radius 2 is 2.21 bits per heavy atom. The number of esters is 1. The summed E-state index contributed by atoms with van der Waals surface area (Å²) in [6.07, 6.45) is 0. The Bertz CT molecular complexity index is 328. The summed E-state index contributed by atoms with van der Waals surface area (Å²) in [5.74, 6) is 0.577. The number of furan rings is 1. The van der Waals surface area contributed by atoms with E-state index in [9.17, 15) is 4.79 Å². The van der Waals surface area contributed by atoms with Crippen LogP contribution in [-0.2, 0) is 10.2 Å². The van der Waals surface area contributed by atoms with Crippen LogP contribution >= 0.6 is 15.9 Å². The highest BCUT2D eigenvalue weighted by Gasteiger charge is 2.24. The van der Waals surface area contributed by atoms with E-state index < -0.39 is 5.97 Å². The smallest absolute Gasteiger partial charge is 0.373 e. The summed E-state index contributed by atoms with van der Waals surface area (Å²) in [6, 6.07) is 3.43. The Morgan fingerprint density at radius 1 is 1.57 bits per heavy atom. The van der Waals surface area contributed by atoms with Gasteiger partial charge in [-0.05, 0) is 12.1 Å². The molecule has 0 radical (unpaired) electrons. The number of halogens is 1. The van der Waals surface area contributed by atoms with Crippen molar-refractivity contribution in [1.29, 1.82) is 0 Å². The molecule has 1 aromatic rings. The fourth-order valence-electron chi connectivity index (χ4n) is 0.978. The molecule has 3 nitrogen and oxygen atoms in total. The predicted octanol–water partition coefficient (Wildman–Crippen LogP) is 2.74. The third kappa shape index (κ3) is 2.18. The van der Waals surface area contributed by atoms with Crippen LogP contribution in [0.3, 0.4) is 0 Å². The van der Waals surface area contributed by atoms with Gasteiger partial charge in [-0.3, -0.25) is 0 Å². The zero-order chi connectivity index (χ0) is 10.8. The molecule has 0 saturated heterocycles. The second-order valence-corrected chi connectivity index (χ2v) is 4.23. The van der Waals surface area contributed by atoms with E-state index in [1.54, 1.807) is 12.1 Å². The van der Waals surface area contributed by atoms with Gasteiger partial charge in [0.15, 0.2) is 0 Å². The molecule has 0 amide bonds. The summed E-state index contributed by atoms with van der Waals surface area (Å²) in [6.45, 7) is 4.06. The van der Waals surface area contributed by atoms with E-state index in [1.165, 1.54) is 7.11 Å². The fourth-order valence-corrected chi connectivity index (χ4v) is 1.25. The lowest BCUT2D eigenvalue weighted by atomic mass is 9.93. The Labute approximate surface area is 91.6 Å². The number of carbonyl (C=O) groups excluding carboxylic acids is 1. The number of hydrogen-bond acceptors (Lipinski definition) is 3. The number of hydrogen-bond donors (Lipinski definition) is 0. The van der Waals surface area contributed by atoms with Crippen molar-refractivity contribution in [3.05, 3.63) is 23.7 Å². The average Bonchev–Trinajstić information content (AvgIpc) is 2.66. The molecule has 0 unspecified atom stereocenters. The lowest BCUT2D eigenvalue weighted by Crippen LogP contribution is -2.17. The normalized spacial score (nSPS) is 11.4. The van der Waals surface area contributed by atoms with E-state index in [2.05, 4.69) is 20.7 Å². The number of alkyl halides is 1. The molecule has 0 aromatic carbocycles. The maximum Gasteiger partial charge on any atom is 0.373 e. The SMILES string of the molecule is COC(=O)c1ccc(C(C)(C)CBr)o1. The van der Waals surface area contributed by atoms with Crippen molar-refractivity contribution >= 4 is 21.9 Å². The summed E-state index contributed by atoms with van der Waals surface area (Å²) < 4.78 is 9.94. The van der Waals surface area contributed by atoms with Gasteiger partial charge in [0.1, 0.15) is 5.76 Å². The monoisotopic (exact) mass is 260 g/mol. The highest BCUT2D eigenvalue weighted by atomic mass is 79.9. The van der Waals surface area contributed by atoms with Crippen molar-refractivity contribution in [2.45, 2.75) is 19.3 Å². The van der Waals surface area contributed by atoms with Gasteiger partial charge in [0, 0.05) is 10.7 Å². The molecule has 4 heteroatoms. The third-order valence-corrected chi connectivity index (χ3v) is 3.40. The molecule has 0 fully saturated rings. The largest absolute Gasteiger partial charge is 0.463 e. The highest BCUT2D eigenvalue weighted by Crippen LogP contribution is 2.27. The van der Waals surface area contributed by atoms with Crippen LogP contribution in [0.25, 0.3) is 0 Å². The molecule has 0 atom stereocenters. The Morgan fingerprint density at radius 3 is 2.71 bits per heavy atom. The average molecular weight is 261 g/mol. The van der Waals surface area contributed by atoms with Gasteiger partial charge in [-0.1, -0.05) is 29.8 Å². The Hall–Kier alpha value is -0.770. The molecule has 1 rings (SSSR count). The number of ether oxygens (including phenoxy) is 1. The molecule has 0 aliphatic rings. The molecule has 0 spiro atoms.